The molecule has 8 heteroatoms. The Morgan fingerprint density at radius 2 is 2.04 bits per heavy atom. The Morgan fingerprint density at radius 3 is 2.71 bits per heavy atom. The van der Waals surface area contributed by atoms with E-state index in [0.717, 1.165) is 24.9 Å². The molecule has 0 unspecified atom stereocenters. The molecule has 0 bridgehead atoms. The summed E-state index contributed by atoms with van der Waals surface area (Å²) in [4.78, 5) is 38.2. The monoisotopic (exact) mass is 388 g/mol. The molecule has 1 saturated heterocycles. The third kappa shape index (κ3) is 5.22. The third-order valence-electron chi connectivity index (χ3n) is 5.11. The first-order valence-corrected chi connectivity index (χ1v) is 9.70. The first-order chi connectivity index (χ1) is 13.5. The van der Waals surface area contributed by atoms with Crippen LogP contribution in [0.1, 0.15) is 35.2 Å². The Morgan fingerprint density at radius 1 is 1.25 bits per heavy atom. The van der Waals surface area contributed by atoms with Crippen LogP contribution in [0.25, 0.3) is 0 Å². The summed E-state index contributed by atoms with van der Waals surface area (Å²) in [7, 11) is 1.58. The topological polar surface area (TPSA) is 99.8 Å². The Labute approximate surface area is 165 Å². The Balaban J connectivity index is 1.46. The number of urea groups is 1. The predicted molar refractivity (Wildman–Crippen MR) is 105 cm³/mol. The smallest absolute Gasteiger partial charge is 0.319 e. The van der Waals surface area contributed by atoms with Crippen LogP contribution < -0.4 is 16.0 Å². The zero-order chi connectivity index (χ0) is 20.1. The van der Waals surface area contributed by atoms with Gasteiger partial charge in [0.2, 0.25) is 5.91 Å². The van der Waals surface area contributed by atoms with Gasteiger partial charge in [-0.2, -0.15) is 0 Å². The van der Waals surface area contributed by atoms with Crippen molar-refractivity contribution in [3.8, 4) is 0 Å². The van der Waals surface area contributed by atoms with Gasteiger partial charge in [-0.1, -0.05) is 0 Å². The van der Waals surface area contributed by atoms with Gasteiger partial charge in [-0.3, -0.25) is 9.59 Å². The number of hydrogen-bond donors (Lipinski definition) is 3. The molecule has 1 saturated carbocycles. The highest BCUT2D eigenvalue weighted by Gasteiger charge is 2.39. The minimum Gasteiger partial charge on any atom is -0.383 e. The second-order valence-electron chi connectivity index (χ2n) is 7.46. The van der Waals surface area contributed by atoms with Crippen LogP contribution in [-0.4, -0.2) is 62.1 Å². The summed E-state index contributed by atoms with van der Waals surface area (Å²) in [5, 5.41) is 8.42. The number of methoxy groups -OCH3 is 1. The van der Waals surface area contributed by atoms with Gasteiger partial charge in [0.25, 0.3) is 5.91 Å². The first-order valence-electron chi connectivity index (χ1n) is 9.70. The number of nitrogens with one attached hydrogen (secondary N) is 3. The van der Waals surface area contributed by atoms with E-state index >= 15 is 0 Å². The summed E-state index contributed by atoms with van der Waals surface area (Å²) in [5.74, 6) is 0.185. The number of hydrogen-bond acceptors (Lipinski definition) is 4. The summed E-state index contributed by atoms with van der Waals surface area (Å²) >= 11 is 0. The van der Waals surface area contributed by atoms with Crippen molar-refractivity contribution in [2.24, 2.45) is 5.92 Å². The molecule has 2 aliphatic rings. The Hall–Kier alpha value is -2.61. The number of nitrogens with zero attached hydrogens (tertiary/aromatic N) is 1. The molecule has 3 N–H and O–H groups in total. The maximum absolute atomic E-state index is 12.2. The number of carbonyl (C=O) groups excluding carboxylic acids is 3. The minimum absolute atomic E-state index is 0.165. The van der Waals surface area contributed by atoms with Gasteiger partial charge in [-0.05, 0) is 43.5 Å². The molecule has 0 radical (unpaired) electrons. The van der Waals surface area contributed by atoms with Crippen molar-refractivity contribution in [3.05, 3.63) is 29.3 Å². The van der Waals surface area contributed by atoms with Crippen LogP contribution in [0.2, 0.25) is 0 Å². The summed E-state index contributed by atoms with van der Waals surface area (Å²) < 4.78 is 4.91. The van der Waals surface area contributed by atoms with E-state index in [1.165, 1.54) is 0 Å². The van der Waals surface area contributed by atoms with Crippen molar-refractivity contribution in [2.75, 3.05) is 38.7 Å². The molecule has 8 nitrogen and oxygen atoms in total. The van der Waals surface area contributed by atoms with Crippen LogP contribution >= 0.6 is 0 Å². The van der Waals surface area contributed by atoms with Crippen molar-refractivity contribution >= 4 is 23.5 Å². The summed E-state index contributed by atoms with van der Waals surface area (Å²) in [6, 6.07) is 5.25. The fourth-order valence-corrected chi connectivity index (χ4v) is 3.40. The molecule has 1 aromatic rings. The molecular formula is C20H28N4O4. The lowest BCUT2D eigenvalue weighted by Crippen LogP contribution is -2.34. The van der Waals surface area contributed by atoms with Crippen LogP contribution in [0.15, 0.2) is 18.2 Å². The van der Waals surface area contributed by atoms with E-state index in [-0.39, 0.29) is 23.8 Å². The number of carbonyl (C=O) groups is 3. The first kappa shape index (κ1) is 20.1. The van der Waals surface area contributed by atoms with E-state index in [4.69, 9.17) is 4.74 Å². The summed E-state index contributed by atoms with van der Waals surface area (Å²) in [6.45, 7) is 3.94. The molecule has 3 rings (SSSR count). The molecule has 0 spiro atoms. The lowest BCUT2D eigenvalue weighted by molar-refractivity contribution is -0.128. The molecule has 4 amide bonds. The van der Waals surface area contributed by atoms with Crippen LogP contribution in [0, 0.1) is 12.8 Å². The fourth-order valence-electron chi connectivity index (χ4n) is 3.40. The molecule has 0 aromatic heterocycles. The highest BCUT2D eigenvalue weighted by molar-refractivity contribution is 5.96. The standard InChI is InChI=1S/C20H28N4O4/c1-13-9-15(19(26)21-7-8-28-2)3-6-17(13)23-20(27)22-11-14-10-18(25)24(12-14)16-4-5-16/h3,6,9,14,16H,4-5,7-8,10-12H2,1-2H3,(H,21,26)(H2,22,23,27)/t14-/m1/s1. The van der Waals surface area contributed by atoms with Gasteiger partial charge in [-0.25, -0.2) is 4.79 Å². The zero-order valence-electron chi connectivity index (χ0n) is 16.4. The van der Waals surface area contributed by atoms with Gasteiger partial charge in [-0.15, -0.1) is 0 Å². The second kappa shape index (κ2) is 9.05. The lowest BCUT2D eigenvalue weighted by atomic mass is 10.1. The van der Waals surface area contributed by atoms with E-state index in [1.54, 1.807) is 25.3 Å². The number of ether oxygens (including phenoxy) is 1. The molecule has 2 fully saturated rings. The van der Waals surface area contributed by atoms with Crippen molar-refractivity contribution in [1.29, 1.82) is 0 Å². The van der Waals surface area contributed by atoms with Gasteiger partial charge >= 0.3 is 6.03 Å². The molecular weight excluding hydrogens is 360 g/mol. The van der Waals surface area contributed by atoms with Gasteiger partial charge in [0.05, 0.1) is 6.61 Å². The van der Waals surface area contributed by atoms with Crippen molar-refractivity contribution in [2.45, 2.75) is 32.2 Å². The number of amides is 4. The number of anilines is 1. The Kier molecular flexibility index (Phi) is 6.51. The van der Waals surface area contributed by atoms with E-state index in [0.29, 0.717) is 43.4 Å². The largest absolute Gasteiger partial charge is 0.383 e. The molecule has 1 aromatic carbocycles. The molecule has 1 aliphatic carbocycles. The molecule has 1 heterocycles. The minimum atomic E-state index is -0.308. The summed E-state index contributed by atoms with van der Waals surface area (Å²) in [6.07, 6.45) is 2.71. The average molecular weight is 388 g/mol. The number of benzene rings is 1. The van der Waals surface area contributed by atoms with Crippen LogP contribution in [0.3, 0.4) is 0 Å². The van der Waals surface area contributed by atoms with E-state index < -0.39 is 0 Å². The number of likely N-dealkylation sites (tertiary alicyclic amines) is 1. The fraction of sp³-hybridized carbons (Fsp3) is 0.550. The van der Waals surface area contributed by atoms with Crippen molar-refractivity contribution in [3.63, 3.8) is 0 Å². The molecule has 152 valence electrons. The highest BCUT2D eigenvalue weighted by atomic mass is 16.5. The number of rotatable bonds is 8. The predicted octanol–water partition coefficient (Wildman–Crippen LogP) is 1.50. The third-order valence-corrected chi connectivity index (χ3v) is 5.11. The zero-order valence-corrected chi connectivity index (χ0v) is 16.4. The average Bonchev–Trinajstić information content (AvgIpc) is 3.44. The van der Waals surface area contributed by atoms with E-state index in [2.05, 4.69) is 16.0 Å². The molecule has 28 heavy (non-hydrogen) atoms. The van der Waals surface area contributed by atoms with Crippen molar-refractivity contribution < 1.29 is 19.1 Å². The second-order valence-corrected chi connectivity index (χ2v) is 7.46. The van der Waals surface area contributed by atoms with Crippen LogP contribution in [0.4, 0.5) is 10.5 Å². The van der Waals surface area contributed by atoms with E-state index in [9.17, 15) is 14.4 Å². The SMILES string of the molecule is COCCNC(=O)c1ccc(NC(=O)NC[C@H]2CC(=O)N(C3CC3)C2)c(C)c1. The number of aryl methyl sites for hydroxylation is 1. The molecule has 1 aliphatic heterocycles. The van der Waals surface area contributed by atoms with E-state index in [1.807, 2.05) is 11.8 Å². The van der Waals surface area contributed by atoms with Crippen LogP contribution in [0.5, 0.6) is 0 Å². The van der Waals surface area contributed by atoms with Crippen LogP contribution in [-0.2, 0) is 9.53 Å². The van der Waals surface area contributed by atoms with Crippen molar-refractivity contribution in [1.82, 2.24) is 15.5 Å². The Bertz CT molecular complexity index is 748. The van der Waals surface area contributed by atoms with Gasteiger partial charge in [0.15, 0.2) is 0 Å². The normalized spacial score (nSPS) is 18.9. The maximum atomic E-state index is 12.2. The van der Waals surface area contributed by atoms with Gasteiger partial charge in [0, 0.05) is 56.4 Å². The summed E-state index contributed by atoms with van der Waals surface area (Å²) in [5.41, 5.74) is 1.97. The quantitative estimate of drug-likeness (QED) is 0.588. The highest BCUT2D eigenvalue weighted by Crippen LogP contribution is 2.32. The molecule has 1 atom stereocenters. The van der Waals surface area contributed by atoms with Gasteiger partial charge < -0.3 is 25.6 Å². The van der Waals surface area contributed by atoms with Gasteiger partial charge in [0.1, 0.15) is 0 Å². The maximum Gasteiger partial charge on any atom is 0.319 e. The lowest BCUT2D eigenvalue weighted by Gasteiger charge is -2.16.